The van der Waals surface area contributed by atoms with E-state index in [-0.39, 0.29) is 30.4 Å². The van der Waals surface area contributed by atoms with E-state index < -0.39 is 10.8 Å². The quantitative estimate of drug-likeness (QED) is 0.409. The molecule has 0 saturated carbocycles. The molecule has 0 spiro atoms. The van der Waals surface area contributed by atoms with Crippen molar-refractivity contribution in [2.45, 2.75) is 4.90 Å². The van der Waals surface area contributed by atoms with Gasteiger partial charge >= 0.3 is 0 Å². The third kappa shape index (κ3) is 6.08. The molecule has 2 N–H and O–H groups in total. The fraction of sp³-hybridized carbons (Fsp3) is 0.222. The van der Waals surface area contributed by atoms with E-state index in [1.54, 1.807) is 13.1 Å². The number of nitro groups is 1. The van der Waals surface area contributed by atoms with Gasteiger partial charge in [-0.3, -0.25) is 24.6 Å². The zero-order valence-electron chi connectivity index (χ0n) is 15.0. The first-order chi connectivity index (χ1) is 12.9. The molecule has 2 aromatic rings. The average molecular weight is 388 g/mol. The minimum absolute atomic E-state index is 0.00696. The number of hydrogen-bond donors (Lipinski definition) is 2. The van der Waals surface area contributed by atoms with Crippen LogP contribution in [0, 0.1) is 10.1 Å². The van der Waals surface area contributed by atoms with Crippen LogP contribution in [0.2, 0.25) is 0 Å². The predicted octanol–water partition coefficient (Wildman–Crippen LogP) is 2.83. The van der Waals surface area contributed by atoms with Crippen LogP contribution in [0.3, 0.4) is 0 Å². The molecule has 0 radical (unpaired) electrons. The molecule has 27 heavy (non-hydrogen) atoms. The first-order valence-electron chi connectivity index (χ1n) is 8.05. The number of benzene rings is 2. The molecule has 0 saturated heterocycles. The summed E-state index contributed by atoms with van der Waals surface area (Å²) in [7, 11) is 1.62. The number of nitrogens with zero attached hydrogens (tertiary/aromatic N) is 2. The van der Waals surface area contributed by atoms with Crippen LogP contribution in [-0.4, -0.2) is 48.0 Å². The highest BCUT2D eigenvalue weighted by Crippen LogP contribution is 2.24. The second kappa shape index (κ2) is 9.70. The first-order valence-corrected chi connectivity index (χ1v) is 9.28. The van der Waals surface area contributed by atoms with Crippen LogP contribution in [0.25, 0.3) is 0 Å². The molecule has 0 unspecified atom stereocenters. The summed E-state index contributed by atoms with van der Waals surface area (Å²) in [6, 6.07) is 13.3. The standard InChI is InChI=1S/C18H20N4O4S/c1-21(12-18(24)20-14-8-4-6-10-16(14)27-2)11-17(23)19-13-7-3-5-9-15(13)22(25)26/h3-10H,11-12H2,1-2H3,(H,19,23)(H,20,24). The molecule has 2 amide bonds. The van der Waals surface area contributed by atoms with Gasteiger partial charge in [0.1, 0.15) is 5.69 Å². The summed E-state index contributed by atoms with van der Waals surface area (Å²) in [5, 5.41) is 16.3. The summed E-state index contributed by atoms with van der Waals surface area (Å²) >= 11 is 1.52. The lowest BCUT2D eigenvalue weighted by Gasteiger charge is -2.16. The van der Waals surface area contributed by atoms with Crippen LogP contribution in [-0.2, 0) is 9.59 Å². The first kappa shape index (κ1) is 20.4. The van der Waals surface area contributed by atoms with Crippen molar-refractivity contribution < 1.29 is 14.5 Å². The third-order valence-corrected chi connectivity index (χ3v) is 4.38. The molecule has 0 aliphatic heterocycles. The molecule has 0 aromatic heterocycles. The van der Waals surface area contributed by atoms with Gasteiger partial charge in [-0.05, 0) is 31.5 Å². The van der Waals surface area contributed by atoms with Crippen molar-refractivity contribution in [3.05, 3.63) is 58.6 Å². The van der Waals surface area contributed by atoms with Gasteiger partial charge < -0.3 is 10.6 Å². The van der Waals surface area contributed by atoms with Gasteiger partial charge in [0.25, 0.3) is 5.69 Å². The number of anilines is 2. The van der Waals surface area contributed by atoms with E-state index in [0.29, 0.717) is 5.69 Å². The molecule has 2 aromatic carbocycles. The Bertz CT molecular complexity index is 844. The maximum absolute atomic E-state index is 12.2. The van der Waals surface area contributed by atoms with Crippen LogP contribution in [0.1, 0.15) is 0 Å². The number of rotatable bonds is 8. The largest absolute Gasteiger partial charge is 0.324 e. The topological polar surface area (TPSA) is 105 Å². The van der Waals surface area contributed by atoms with Gasteiger partial charge in [-0.15, -0.1) is 11.8 Å². The number of carbonyl (C=O) groups excluding carboxylic acids is 2. The van der Waals surface area contributed by atoms with Crippen LogP contribution in [0.5, 0.6) is 0 Å². The highest BCUT2D eigenvalue weighted by molar-refractivity contribution is 7.98. The van der Waals surface area contributed by atoms with Gasteiger partial charge in [0.05, 0.1) is 23.7 Å². The lowest BCUT2D eigenvalue weighted by Crippen LogP contribution is -2.36. The van der Waals surface area contributed by atoms with Crippen LogP contribution < -0.4 is 10.6 Å². The lowest BCUT2D eigenvalue weighted by molar-refractivity contribution is -0.383. The maximum Gasteiger partial charge on any atom is 0.292 e. The Morgan fingerprint density at radius 1 is 1.00 bits per heavy atom. The highest BCUT2D eigenvalue weighted by Gasteiger charge is 2.17. The molecule has 2 rings (SSSR count). The zero-order chi connectivity index (χ0) is 19.8. The van der Waals surface area contributed by atoms with Crippen LogP contribution in [0.4, 0.5) is 17.1 Å². The molecule has 0 aliphatic rings. The van der Waals surface area contributed by atoms with Crippen molar-refractivity contribution in [2.24, 2.45) is 0 Å². The van der Waals surface area contributed by atoms with Crippen molar-refractivity contribution >= 4 is 40.6 Å². The van der Waals surface area contributed by atoms with E-state index in [1.165, 1.54) is 34.9 Å². The summed E-state index contributed by atoms with van der Waals surface area (Å²) in [4.78, 5) is 37.2. The molecule has 9 heteroatoms. The third-order valence-electron chi connectivity index (χ3n) is 3.58. The summed E-state index contributed by atoms with van der Waals surface area (Å²) in [5.41, 5.74) is 0.659. The van der Waals surface area contributed by atoms with E-state index in [1.807, 2.05) is 30.5 Å². The number of hydrogen-bond acceptors (Lipinski definition) is 6. The normalized spacial score (nSPS) is 10.5. The number of carbonyl (C=O) groups is 2. The summed E-state index contributed by atoms with van der Waals surface area (Å²) in [6.45, 7) is -0.0728. The maximum atomic E-state index is 12.2. The Labute approximate surface area is 161 Å². The van der Waals surface area contributed by atoms with Crippen molar-refractivity contribution in [1.29, 1.82) is 0 Å². The van der Waals surface area contributed by atoms with Crippen molar-refractivity contribution in [2.75, 3.05) is 37.0 Å². The van der Waals surface area contributed by atoms with E-state index in [4.69, 9.17) is 0 Å². The van der Waals surface area contributed by atoms with E-state index in [9.17, 15) is 19.7 Å². The fourth-order valence-electron chi connectivity index (χ4n) is 2.41. The van der Waals surface area contributed by atoms with Gasteiger partial charge in [0.2, 0.25) is 11.8 Å². The highest BCUT2D eigenvalue weighted by atomic mass is 32.2. The van der Waals surface area contributed by atoms with Crippen molar-refractivity contribution in [1.82, 2.24) is 4.90 Å². The Morgan fingerprint density at radius 3 is 2.11 bits per heavy atom. The predicted molar refractivity (Wildman–Crippen MR) is 106 cm³/mol. The molecule has 0 bridgehead atoms. The monoisotopic (exact) mass is 388 g/mol. The second-order valence-corrected chi connectivity index (χ2v) is 6.59. The van der Waals surface area contributed by atoms with E-state index in [0.717, 1.165) is 4.90 Å². The SMILES string of the molecule is CSc1ccccc1NC(=O)CN(C)CC(=O)Nc1ccccc1[N+](=O)[O-]. The summed E-state index contributed by atoms with van der Waals surface area (Å²) in [6.07, 6.45) is 1.92. The number of nitrogens with one attached hydrogen (secondary N) is 2. The summed E-state index contributed by atoms with van der Waals surface area (Å²) < 4.78 is 0. The number of nitro benzene ring substituents is 1. The summed E-state index contributed by atoms with van der Waals surface area (Å²) in [5.74, 6) is -0.693. The average Bonchev–Trinajstić information content (AvgIpc) is 2.62. The molecular formula is C18H20N4O4S. The van der Waals surface area contributed by atoms with E-state index in [2.05, 4.69) is 10.6 Å². The Morgan fingerprint density at radius 2 is 1.52 bits per heavy atom. The van der Waals surface area contributed by atoms with Gasteiger partial charge in [-0.25, -0.2) is 0 Å². The minimum atomic E-state index is -0.560. The van der Waals surface area contributed by atoms with Crippen LogP contribution >= 0.6 is 11.8 Å². The lowest BCUT2D eigenvalue weighted by atomic mass is 10.2. The molecule has 0 heterocycles. The number of likely N-dealkylation sites (N-methyl/N-ethyl adjacent to an activating group) is 1. The molecule has 8 nitrogen and oxygen atoms in total. The minimum Gasteiger partial charge on any atom is -0.324 e. The molecule has 0 fully saturated rings. The number of amides is 2. The molecule has 0 aliphatic carbocycles. The van der Waals surface area contributed by atoms with Crippen molar-refractivity contribution in [3.8, 4) is 0 Å². The Hall–Kier alpha value is -2.91. The van der Waals surface area contributed by atoms with Gasteiger partial charge in [-0.1, -0.05) is 24.3 Å². The number of para-hydroxylation sites is 3. The molecule has 142 valence electrons. The van der Waals surface area contributed by atoms with Gasteiger partial charge in [0, 0.05) is 11.0 Å². The number of thioether (sulfide) groups is 1. The van der Waals surface area contributed by atoms with Gasteiger partial charge in [-0.2, -0.15) is 0 Å². The molecule has 0 atom stereocenters. The smallest absolute Gasteiger partial charge is 0.292 e. The van der Waals surface area contributed by atoms with Gasteiger partial charge in [0.15, 0.2) is 0 Å². The zero-order valence-corrected chi connectivity index (χ0v) is 15.8. The van der Waals surface area contributed by atoms with E-state index >= 15 is 0 Å². The van der Waals surface area contributed by atoms with Crippen molar-refractivity contribution in [3.63, 3.8) is 0 Å². The fourth-order valence-corrected chi connectivity index (χ4v) is 2.97. The molecular weight excluding hydrogens is 368 g/mol. The Kier molecular flexibility index (Phi) is 7.33. The van der Waals surface area contributed by atoms with Crippen LogP contribution in [0.15, 0.2) is 53.4 Å². The Balaban J connectivity index is 1.89. The second-order valence-electron chi connectivity index (χ2n) is 5.74.